The maximum Gasteiger partial charge on any atom is 0.264 e. The summed E-state index contributed by atoms with van der Waals surface area (Å²) in [7, 11) is 0. The number of carbonyl (C=O) groups excluding carboxylic acids is 1. The molecular weight excluding hydrogens is 470 g/mol. The molecule has 4 heterocycles. The molecule has 0 unspecified atom stereocenters. The van der Waals surface area contributed by atoms with Gasteiger partial charge in [-0.2, -0.15) is 10.4 Å². The second-order valence-corrected chi connectivity index (χ2v) is 10.7. The van der Waals surface area contributed by atoms with Crippen LogP contribution in [0.1, 0.15) is 38.5 Å². The summed E-state index contributed by atoms with van der Waals surface area (Å²) in [5.41, 5.74) is 1.04. The topological polar surface area (TPSA) is 120 Å². The Balaban J connectivity index is 1.20. The Labute approximate surface area is 214 Å². The molecule has 0 bridgehead atoms. The number of likely N-dealkylation sites (tertiary alicyclic amines) is 1. The van der Waals surface area contributed by atoms with E-state index in [1.165, 1.54) is 17.1 Å². The van der Waals surface area contributed by atoms with Crippen molar-refractivity contribution < 1.29 is 9.90 Å². The molecule has 3 aromatic rings. The Hall–Kier alpha value is -3.71. The molecule has 10 nitrogen and oxygen atoms in total. The van der Waals surface area contributed by atoms with Gasteiger partial charge in [0.05, 0.1) is 30.1 Å². The summed E-state index contributed by atoms with van der Waals surface area (Å²) >= 11 is 0. The number of aliphatic hydroxyl groups is 1. The monoisotopic (exact) mass is 501 g/mol. The maximum absolute atomic E-state index is 13.3. The second kappa shape index (κ2) is 9.30. The van der Waals surface area contributed by atoms with E-state index in [0.717, 1.165) is 50.1 Å². The lowest BCUT2D eigenvalue weighted by Gasteiger charge is -2.38. The Morgan fingerprint density at radius 2 is 1.84 bits per heavy atom. The van der Waals surface area contributed by atoms with E-state index >= 15 is 0 Å². The van der Waals surface area contributed by atoms with Crippen LogP contribution in [0.5, 0.6) is 0 Å². The van der Waals surface area contributed by atoms with E-state index in [1.54, 1.807) is 4.68 Å². The van der Waals surface area contributed by atoms with Crippen LogP contribution in [-0.2, 0) is 11.3 Å². The van der Waals surface area contributed by atoms with Crippen molar-refractivity contribution in [3.8, 4) is 11.8 Å². The first kappa shape index (κ1) is 23.7. The van der Waals surface area contributed by atoms with Gasteiger partial charge in [-0.25, -0.2) is 9.67 Å². The van der Waals surface area contributed by atoms with Gasteiger partial charge in [-0.1, -0.05) is 6.07 Å². The zero-order chi connectivity index (χ0) is 25.6. The van der Waals surface area contributed by atoms with Crippen LogP contribution in [-0.4, -0.2) is 67.0 Å². The van der Waals surface area contributed by atoms with Gasteiger partial charge in [-0.3, -0.25) is 14.2 Å². The number of nitrogens with zero attached hydrogens (tertiary/aromatic N) is 7. The number of amides is 1. The van der Waals surface area contributed by atoms with E-state index in [2.05, 4.69) is 21.1 Å². The van der Waals surface area contributed by atoms with Crippen molar-refractivity contribution in [2.75, 3.05) is 31.1 Å². The summed E-state index contributed by atoms with van der Waals surface area (Å²) in [6.45, 7) is 2.83. The molecule has 2 aliphatic heterocycles. The summed E-state index contributed by atoms with van der Waals surface area (Å²) in [5, 5.41) is 25.2. The summed E-state index contributed by atoms with van der Waals surface area (Å²) in [4.78, 5) is 34.3. The average molecular weight is 502 g/mol. The van der Waals surface area contributed by atoms with Crippen molar-refractivity contribution in [3.63, 3.8) is 0 Å². The van der Waals surface area contributed by atoms with Crippen LogP contribution in [0, 0.1) is 23.2 Å². The predicted octanol–water partition coefficient (Wildman–Crippen LogP) is 2.09. The van der Waals surface area contributed by atoms with E-state index in [0.29, 0.717) is 37.0 Å². The number of nitriles is 1. The highest BCUT2D eigenvalue weighted by atomic mass is 16.3. The first-order valence-corrected chi connectivity index (χ1v) is 13.1. The molecule has 1 N–H and O–H groups in total. The van der Waals surface area contributed by atoms with Gasteiger partial charge in [0.1, 0.15) is 11.7 Å². The molecular formula is C27H31N7O3. The molecule has 0 atom stereocenters. The lowest BCUT2D eigenvalue weighted by molar-refractivity contribution is -0.137. The van der Waals surface area contributed by atoms with Crippen LogP contribution in [0.2, 0.25) is 0 Å². The number of aromatic nitrogens is 4. The molecule has 192 valence electrons. The maximum atomic E-state index is 13.3. The fourth-order valence-corrected chi connectivity index (χ4v) is 5.55. The number of hydrogen-bond acceptors (Lipinski definition) is 7. The van der Waals surface area contributed by atoms with Crippen molar-refractivity contribution >= 4 is 22.6 Å². The molecule has 10 heteroatoms. The molecule has 2 saturated heterocycles. The van der Waals surface area contributed by atoms with Crippen LogP contribution >= 0.6 is 0 Å². The molecule has 3 aliphatic rings. The molecule has 0 radical (unpaired) electrons. The minimum absolute atomic E-state index is 0.122. The zero-order valence-corrected chi connectivity index (χ0v) is 20.8. The SMILES string of the molecule is N#CC1CCN(c2cccc(-n3ncc4c(=O)n(CC5(O)CCN(C(=O)C6CC6)CC5)cnc43)c2)CC1. The lowest BCUT2D eigenvalue weighted by atomic mass is 9.91. The molecule has 6 rings (SSSR count). The molecule has 1 aromatic carbocycles. The minimum atomic E-state index is -1.05. The highest BCUT2D eigenvalue weighted by molar-refractivity contribution is 5.81. The molecule has 37 heavy (non-hydrogen) atoms. The fraction of sp³-hybridized carbons (Fsp3) is 0.519. The van der Waals surface area contributed by atoms with Gasteiger partial charge >= 0.3 is 0 Å². The summed E-state index contributed by atoms with van der Waals surface area (Å²) in [6.07, 6.45) is 7.55. The minimum Gasteiger partial charge on any atom is -0.388 e. The number of anilines is 1. The smallest absolute Gasteiger partial charge is 0.264 e. The molecule has 0 spiro atoms. The normalized spacial score (nSPS) is 20.2. The number of carbonyl (C=O) groups is 1. The highest BCUT2D eigenvalue weighted by Crippen LogP contribution is 2.33. The van der Waals surface area contributed by atoms with Gasteiger partial charge < -0.3 is 14.9 Å². The Kier molecular flexibility index (Phi) is 5.95. The van der Waals surface area contributed by atoms with Crippen LogP contribution in [0.25, 0.3) is 16.7 Å². The van der Waals surface area contributed by atoms with Crippen LogP contribution in [0.3, 0.4) is 0 Å². The summed E-state index contributed by atoms with van der Waals surface area (Å²) < 4.78 is 3.13. The van der Waals surface area contributed by atoms with E-state index < -0.39 is 5.60 Å². The van der Waals surface area contributed by atoms with E-state index in [-0.39, 0.29) is 29.8 Å². The van der Waals surface area contributed by atoms with Crippen molar-refractivity contribution in [2.24, 2.45) is 11.8 Å². The first-order chi connectivity index (χ1) is 17.9. The van der Waals surface area contributed by atoms with Gasteiger partial charge in [0.15, 0.2) is 5.65 Å². The third kappa shape index (κ3) is 4.60. The number of fused-ring (bicyclic) bond motifs is 1. The van der Waals surface area contributed by atoms with Crippen LogP contribution < -0.4 is 10.5 Å². The number of benzene rings is 1. The largest absolute Gasteiger partial charge is 0.388 e. The average Bonchev–Trinajstić information content (AvgIpc) is 3.69. The Morgan fingerprint density at radius 3 is 2.54 bits per heavy atom. The second-order valence-electron chi connectivity index (χ2n) is 10.7. The van der Waals surface area contributed by atoms with Crippen molar-refractivity contribution in [2.45, 2.75) is 50.7 Å². The van der Waals surface area contributed by atoms with Crippen LogP contribution in [0.15, 0.2) is 41.6 Å². The van der Waals surface area contributed by atoms with Crippen molar-refractivity contribution in [1.82, 2.24) is 24.2 Å². The zero-order valence-electron chi connectivity index (χ0n) is 20.8. The molecule has 1 saturated carbocycles. The third-order valence-corrected chi connectivity index (χ3v) is 8.07. The van der Waals surface area contributed by atoms with Gasteiger partial charge in [0, 0.05) is 43.7 Å². The molecule has 1 aliphatic carbocycles. The number of rotatable bonds is 5. The van der Waals surface area contributed by atoms with Gasteiger partial charge in [0.2, 0.25) is 5.91 Å². The highest BCUT2D eigenvalue weighted by Gasteiger charge is 2.39. The van der Waals surface area contributed by atoms with E-state index in [4.69, 9.17) is 0 Å². The fourth-order valence-electron chi connectivity index (χ4n) is 5.55. The van der Waals surface area contributed by atoms with Gasteiger partial charge in [-0.15, -0.1) is 0 Å². The quantitative estimate of drug-likeness (QED) is 0.568. The number of hydrogen-bond donors (Lipinski definition) is 1. The summed E-state index contributed by atoms with van der Waals surface area (Å²) in [5.74, 6) is 0.496. The van der Waals surface area contributed by atoms with Gasteiger partial charge in [-0.05, 0) is 56.7 Å². The molecule has 2 aromatic heterocycles. The van der Waals surface area contributed by atoms with Crippen LogP contribution in [0.4, 0.5) is 5.69 Å². The predicted molar refractivity (Wildman–Crippen MR) is 137 cm³/mol. The van der Waals surface area contributed by atoms with E-state index in [1.807, 2.05) is 29.2 Å². The van der Waals surface area contributed by atoms with Crippen molar-refractivity contribution in [1.29, 1.82) is 5.26 Å². The molecule has 1 amide bonds. The van der Waals surface area contributed by atoms with E-state index in [9.17, 15) is 20.0 Å². The lowest BCUT2D eigenvalue weighted by Crippen LogP contribution is -2.50. The third-order valence-electron chi connectivity index (χ3n) is 8.07. The Bertz CT molecular complexity index is 1420. The number of piperidine rings is 2. The standard InChI is InChI=1S/C27H31N7O3/c28-15-19-6-10-31(11-7-19)21-2-1-3-22(14-21)34-24-23(16-30-34)26(36)33(18-29-24)17-27(37)8-12-32(13-9-27)25(35)20-4-5-20/h1-3,14,16,18-20,37H,4-13,17H2. The summed E-state index contributed by atoms with van der Waals surface area (Å²) in [6, 6.07) is 10.3. The van der Waals surface area contributed by atoms with Gasteiger partial charge in [0.25, 0.3) is 5.56 Å². The Morgan fingerprint density at radius 1 is 1.11 bits per heavy atom. The first-order valence-electron chi connectivity index (χ1n) is 13.1. The molecule has 3 fully saturated rings. The van der Waals surface area contributed by atoms with Crippen molar-refractivity contribution in [3.05, 3.63) is 47.1 Å².